The van der Waals surface area contributed by atoms with E-state index < -0.39 is 12.0 Å². The number of ether oxygens (including phenoxy) is 1. The fraction of sp³-hybridized carbons (Fsp3) is 0.846. The van der Waals surface area contributed by atoms with Crippen molar-refractivity contribution in [3.63, 3.8) is 0 Å². The van der Waals surface area contributed by atoms with Crippen molar-refractivity contribution in [1.82, 2.24) is 10.2 Å². The first-order chi connectivity index (χ1) is 8.90. The summed E-state index contributed by atoms with van der Waals surface area (Å²) in [4.78, 5) is 23.8. The lowest BCUT2D eigenvalue weighted by atomic mass is 10.1. The molecular weight excluding hydrogens is 248 g/mol. The molecule has 112 valence electrons. The van der Waals surface area contributed by atoms with Crippen molar-refractivity contribution >= 4 is 12.0 Å². The Morgan fingerprint density at radius 2 is 1.95 bits per heavy atom. The molecule has 0 aromatic carbocycles. The number of carboxylic acid groups (broad SMARTS) is 1. The molecule has 0 aromatic rings. The normalized spacial score (nSPS) is 12.3. The molecule has 0 saturated carbocycles. The number of hydrogen-bond donors (Lipinski definition) is 2. The van der Waals surface area contributed by atoms with Crippen LogP contribution in [0.1, 0.15) is 33.6 Å². The van der Waals surface area contributed by atoms with Crippen LogP contribution in [0.2, 0.25) is 0 Å². The van der Waals surface area contributed by atoms with E-state index in [0.717, 1.165) is 6.42 Å². The molecule has 6 heteroatoms. The highest BCUT2D eigenvalue weighted by Gasteiger charge is 2.24. The number of nitrogens with zero attached hydrogens (tertiary/aromatic N) is 1. The molecule has 19 heavy (non-hydrogen) atoms. The second kappa shape index (κ2) is 9.61. The Labute approximate surface area is 115 Å². The third kappa shape index (κ3) is 7.66. The summed E-state index contributed by atoms with van der Waals surface area (Å²) >= 11 is 0. The lowest BCUT2D eigenvalue weighted by molar-refractivity contribution is -0.141. The monoisotopic (exact) mass is 274 g/mol. The van der Waals surface area contributed by atoms with Gasteiger partial charge in [-0.05, 0) is 18.8 Å². The largest absolute Gasteiger partial charge is 0.480 e. The molecule has 0 aliphatic carbocycles. The third-order valence-electron chi connectivity index (χ3n) is 2.82. The quantitative estimate of drug-likeness (QED) is 0.625. The van der Waals surface area contributed by atoms with Gasteiger partial charge in [0.2, 0.25) is 0 Å². The standard InChI is InChI=1S/C13H26N2O4/c1-5-11(12(16)17)15(4)13(18)14-7-9-19-8-6-10(2)3/h10-11H,5-9H2,1-4H3,(H,14,18)(H,16,17). The topological polar surface area (TPSA) is 78.9 Å². The minimum Gasteiger partial charge on any atom is -0.480 e. The smallest absolute Gasteiger partial charge is 0.326 e. The SMILES string of the molecule is CCC(C(=O)O)N(C)C(=O)NCCOCCC(C)C. The van der Waals surface area contributed by atoms with E-state index in [1.807, 2.05) is 0 Å². The Bertz CT molecular complexity index is 282. The van der Waals surface area contributed by atoms with Gasteiger partial charge in [0, 0.05) is 20.2 Å². The number of urea groups is 1. The van der Waals surface area contributed by atoms with Crippen LogP contribution < -0.4 is 5.32 Å². The van der Waals surface area contributed by atoms with Gasteiger partial charge in [-0.25, -0.2) is 9.59 Å². The van der Waals surface area contributed by atoms with Gasteiger partial charge < -0.3 is 20.1 Å². The molecule has 1 unspecified atom stereocenters. The molecular formula is C13H26N2O4. The second-order valence-electron chi connectivity index (χ2n) is 4.90. The summed E-state index contributed by atoms with van der Waals surface area (Å²) in [5, 5.41) is 11.6. The molecule has 0 saturated heterocycles. The fourth-order valence-corrected chi connectivity index (χ4v) is 1.53. The molecule has 0 heterocycles. The minimum atomic E-state index is -0.992. The molecule has 1 atom stereocenters. The summed E-state index contributed by atoms with van der Waals surface area (Å²) < 4.78 is 5.36. The maximum atomic E-state index is 11.7. The van der Waals surface area contributed by atoms with Crippen LogP contribution in [0.4, 0.5) is 4.79 Å². The summed E-state index contributed by atoms with van der Waals surface area (Å²) in [6.45, 7) is 7.48. The number of rotatable bonds is 9. The summed E-state index contributed by atoms with van der Waals surface area (Å²) in [6.07, 6.45) is 1.37. The number of hydrogen-bond acceptors (Lipinski definition) is 3. The van der Waals surface area contributed by atoms with Crippen molar-refractivity contribution in [1.29, 1.82) is 0 Å². The lowest BCUT2D eigenvalue weighted by Crippen LogP contribution is -2.47. The zero-order chi connectivity index (χ0) is 14.8. The number of likely N-dealkylation sites (N-methyl/N-ethyl adjacent to an activating group) is 1. The molecule has 0 aliphatic rings. The van der Waals surface area contributed by atoms with Crippen molar-refractivity contribution in [2.45, 2.75) is 39.7 Å². The van der Waals surface area contributed by atoms with Gasteiger partial charge in [-0.3, -0.25) is 0 Å². The summed E-state index contributed by atoms with van der Waals surface area (Å²) in [6, 6.07) is -1.18. The number of carboxylic acids is 1. The van der Waals surface area contributed by atoms with E-state index in [2.05, 4.69) is 19.2 Å². The molecule has 0 bridgehead atoms. The molecule has 0 fully saturated rings. The number of aliphatic carboxylic acids is 1. The number of amides is 2. The minimum absolute atomic E-state index is 0.379. The van der Waals surface area contributed by atoms with Crippen LogP contribution in [-0.2, 0) is 9.53 Å². The summed E-state index contributed by atoms with van der Waals surface area (Å²) in [7, 11) is 1.48. The third-order valence-corrected chi connectivity index (χ3v) is 2.82. The van der Waals surface area contributed by atoms with E-state index in [-0.39, 0.29) is 6.03 Å². The molecule has 0 spiro atoms. The zero-order valence-electron chi connectivity index (χ0n) is 12.3. The predicted octanol–water partition coefficient (Wildman–Crippen LogP) is 1.55. The van der Waals surface area contributed by atoms with Crippen LogP contribution in [0.3, 0.4) is 0 Å². The Morgan fingerprint density at radius 1 is 1.32 bits per heavy atom. The summed E-state index contributed by atoms with van der Waals surface area (Å²) in [5.41, 5.74) is 0. The highest BCUT2D eigenvalue weighted by atomic mass is 16.5. The van der Waals surface area contributed by atoms with Gasteiger partial charge in [-0.15, -0.1) is 0 Å². The van der Waals surface area contributed by atoms with Crippen molar-refractivity contribution in [2.24, 2.45) is 5.92 Å². The Balaban J connectivity index is 3.82. The van der Waals surface area contributed by atoms with Gasteiger partial charge in [0.25, 0.3) is 0 Å². The molecule has 2 N–H and O–H groups in total. The number of carbonyl (C=O) groups excluding carboxylic acids is 1. The zero-order valence-corrected chi connectivity index (χ0v) is 12.3. The first-order valence-electron chi connectivity index (χ1n) is 6.71. The van der Waals surface area contributed by atoms with E-state index in [4.69, 9.17) is 9.84 Å². The van der Waals surface area contributed by atoms with Crippen LogP contribution in [0.15, 0.2) is 0 Å². The van der Waals surface area contributed by atoms with Crippen molar-refractivity contribution in [3.8, 4) is 0 Å². The molecule has 0 radical (unpaired) electrons. The van der Waals surface area contributed by atoms with Crippen LogP contribution in [0, 0.1) is 5.92 Å². The van der Waals surface area contributed by atoms with Crippen LogP contribution in [0.5, 0.6) is 0 Å². The van der Waals surface area contributed by atoms with Gasteiger partial charge >= 0.3 is 12.0 Å². The van der Waals surface area contributed by atoms with Crippen LogP contribution in [-0.4, -0.2) is 54.9 Å². The van der Waals surface area contributed by atoms with Crippen LogP contribution in [0.25, 0.3) is 0 Å². The molecule has 6 nitrogen and oxygen atoms in total. The van der Waals surface area contributed by atoms with Gasteiger partial charge in [0.15, 0.2) is 0 Å². The highest BCUT2D eigenvalue weighted by Crippen LogP contribution is 2.02. The number of carbonyl (C=O) groups is 2. The maximum absolute atomic E-state index is 11.7. The van der Waals surface area contributed by atoms with Gasteiger partial charge in [-0.1, -0.05) is 20.8 Å². The molecule has 2 amide bonds. The number of nitrogens with one attached hydrogen (secondary N) is 1. The van der Waals surface area contributed by atoms with Crippen molar-refractivity contribution in [2.75, 3.05) is 26.8 Å². The average Bonchev–Trinajstić information content (AvgIpc) is 2.33. The van der Waals surface area contributed by atoms with Gasteiger partial charge in [-0.2, -0.15) is 0 Å². The van der Waals surface area contributed by atoms with Gasteiger partial charge in [0.05, 0.1) is 6.61 Å². The molecule has 0 aliphatic heterocycles. The average molecular weight is 274 g/mol. The van der Waals surface area contributed by atoms with E-state index in [1.165, 1.54) is 11.9 Å². The molecule has 0 aromatic heterocycles. The Morgan fingerprint density at radius 3 is 2.42 bits per heavy atom. The first-order valence-corrected chi connectivity index (χ1v) is 6.71. The molecule has 0 rings (SSSR count). The first kappa shape index (κ1) is 17.7. The lowest BCUT2D eigenvalue weighted by Gasteiger charge is -2.23. The van der Waals surface area contributed by atoms with Crippen molar-refractivity contribution in [3.05, 3.63) is 0 Å². The van der Waals surface area contributed by atoms with Crippen molar-refractivity contribution < 1.29 is 19.4 Å². The fourth-order valence-electron chi connectivity index (χ4n) is 1.53. The highest BCUT2D eigenvalue weighted by molar-refractivity contribution is 5.82. The second-order valence-corrected chi connectivity index (χ2v) is 4.90. The maximum Gasteiger partial charge on any atom is 0.326 e. The summed E-state index contributed by atoms with van der Waals surface area (Å²) in [5.74, 6) is -0.394. The predicted molar refractivity (Wildman–Crippen MR) is 73.2 cm³/mol. The van der Waals surface area contributed by atoms with E-state index >= 15 is 0 Å². The van der Waals surface area contributed by atoms with E-state index in [9.17, 15) is 9.59 Å². The van der Waals surface area contributed by atoms with Crippen LogP contribution >= 0.6 is 0 Å². The van der Waals surface area contributed by atoms with E-state index in [1.54, 1.807) is 6.92 Å². The van der Waals surface area contributed by atoms with Gasteiger partial charge in [0.1, 0.15) is 6.04 Å². The Hall–Kier alpha value is -1.30. The Kier molecular flexibility index (Phi) is 8.95. The van der Waals surface area contributed by atoms with E-state index in [0.29, 0.717) is 32.1 Å².